The van der Waals surface area contributed by atoms with Gasteiger partial charge >= 0.3 is 0 Å². The van der Waals surface area contributed by atoms with Crippen molar-refractivity contribution in [3.8, 4) is 0 Å². The number of hydrogen-bond donors (Lipinski definition) is 0. The third-order valence-electron chi connectivity index (χ3n) is 2.69. The predicted molar refractivity (Wildman–Crippen MR) is 83.1 cm³/mol. The Balaban J connectivity index is 2.05. The van der Waals surface area contributed by atoms with E-state index < -0.39 is 23.3 Å². The van der Waals surface area contributed by atoms with Crippen molar-refractivity contribution in [3.63, 3.8) is 0 Å². The molecule has 0 bridgehead atoms. The second kappa shape index (κ2) is 7.15. The van der Waals surface area contributed by atoms with Crippen LogP contribution in [0.5, 0.6) is 0 Å². The fraction of sp³-hybridized carbons (Fsp3) is 0.143. The largest absolute Gasteiger partial charge is 0.204 e. The first-order valence-electron chi connectivity index (χ1n) is 5.73. The number of rotatable bonds is 4. The third kappa shape index (κ3) is 4.23. The van der Waals surface area contributed by atoms with E-state index in [2.05, 4.69) is 31.9 Å². The molecule has 0 aliphatic carbocycles. The van der Waals surface area contributed by atoms with Gasteiger partial charge in [-0.05, 0) is 35.4 Å². The van der Waals surface area contributed by atoms with Gasteiger partial charge in [-0.1, -0.05) is 31.9 Å². The maximum atomic E-state index is 13.2. The zero-order valence-electron chi connectivity index (χ0n) is 10.4. The summed E-state index contributed by atoms with van der Waals surface area (Å²) in [5, 5.41) is 0. The summed E-state index contributed by atoms with van der Waals surface area (Å²) in [6.45, 7) is 0. The standard InChI is InChI=1S/C14H8Br2F4S/c15-9-3-13(19)11(17)1-7(9)5-21-6-8-2-12(18)14(20)4-10(8)16/h1-4H,5-6H2. The van der Waals surface area contributed by atoms with Crippen molar-refractivity contribution >= 4 is 43.6 Å². The topological polar surface area (TPSA) is 0 Å². The molecule has 0 nitrogen and oxygen atoms in total. The highest BCUT2D eigenvalue weighted by Crippen LogP contribution is 2.29. The maximum Gasteiger partial charge on any atom is 0.159 e. The molecule has 0 spiro atoms. The summed E-state index contributed by atoms with van der Waals surface area (Å²) < 4.78 is 53.2. The molecule has 21 heavy (non-hydrogen) atoms. The van der Waals surface area contributed by atoms with Gasteiger partial charge in [-0.25, -0.2) is 17.6 Å². The van der Waals surface area contributed by atoms with E-state index in [9.17, 15) is 17.6 Å². The number of hydrogen-bond acceptors (Lipinski definition) is 1. The Hall–Kier alpha value is -0.530. The molecule has 0 aliphatic rings. The van der Waals surface area contributed by atoms with Gasteiger partial charge in [0.25, 0.3) is 0 Å². The SMILES string of the molecule is Fc1cc(Br)c(CSCc2cc(F)c(F)cc2Br)cc1F. The van der Waals surface area contributed by atoms with Crippen LogP contribution in [0.15, 0.2) is 33.2 Å². The van der Waals surface area contributed by atoms with E-state index in [0.29, 0.717) is 31.6 Å². The number of benzene rings is 2. The Labute approximate surface area is 140 Å². The minimum Gasteiger partial charge on any atom is -0.204 e. The van der Waals surface area contributed by atoms with Gasteiger partial charge in [-0.15, -0.1) is 0 Å². The van der Waals surface area contributed by atoms with Gasteiger partial charge in [-0.2, -0.15) is 11.8 Å². The molecular formula is C14H8Br2F4S. The Kier molecular flexibility index (Phi) is 5.73. The van der Waals surface area contributed by atoms with Crippen molar-refractivity contribution in [2.75, 3.05) is 0 Å². The van der Waals surface area contributed by atoms with Crippen LogP contribution in [-0.4, -0.2) is 0 Å². The van der Waals surface area contributed by atoms with Crippen molar-refractivity contribution < 1.29 is 17.6 Å². The molecule has 2 rings (SSSR count). The van der Waals surface area contributed by atoms with Gasteiger partial charge in [0.1, 0.15) is 0 Å². The zero-order chi connectivity index (χ0) is 15.6. The highest BCUT2D eigenvalue weighted by atomic mass is 79.9. The first kappa shape index (κ1) is 16.8. The lowest BCUT2D eigenvalue weighted by atomic mass is 10.2. The Morgan fingerprint density at radius 1 is 0.667 bits per heavy atom. The van der Waals surface area contributed by atoms with Crippen LogP contribution in [0.1, 0.15) is 11.1 Å². The quantitative estimate of drug-likeness (QED) is 0.400. The van der Waals surface area contributed by atoms with Gasteiger partial charge in [0.05, 0.1) is 0 Å². The first-order valence-corrected chi connectivity index (χ1v) is 8.47. The third-order valence-corrected chi connectivity index (χ3v) is 5.20. The molecule has 0 aliphatic heterocycles. The van der Waals surface area contributed by atoms with E-state index >= 15 is 0 Å². The van der Waals surface area contributed by atoms with Crippen LogP contribution in [-0.2, 0) is 11.5 Å². The van der Waals surface area contributed by atoms with Gasteiger partial charge in [0.2, 0.25) is 0 Å². The van der Waals surface area contributed by atoms with E-state index in [0.717, 1.165) is 24.3 Å². The molecule has 0 saturated heterocycles. The van der Waals surface area contributed by atoms with E-state index in [-0.39, 0.29) is 0 Å². The molecule has 0 fully saturated rings. The van der Waals surface area contributed by atoms with Crippen molar-refractivity contribution in [1.82, 2.24) is 0 Å². The van der Waals surface area contributed by atoms with Crippen molar-refractivity contribution in [2.45, 2.75) is 11.5 Å². The van der Waals surface area contributed by atoms with Gasteiger partial charge in [0, 0.05) is 20.5 Å². The first-order chi connectivity index (χ1) is 9.88. The van der Waals surface area contributed by atoms with Crippen molar-refractivity contribution in [2.24, 2.45) is 0 Å². The summed E-state index contributed by atoms with van der Waals surface area (Å²) in [6.07, 6.45) is 0. The van der Waals surface area contributed by atoms with E-state index in [4.69, 9.17) is 0 Å². The summed E-state index contributed by atoms with van der Waals surface area (Å²) in [7, 11) is 0. The van der Waals surface area contributed by atoms with Crippen molar-refractivity contribution in [1.29, 1.82) is 0 Å². The zero-order valence-corrected chi connectivity index (χ0v) is 14.4. The molecule has 0 amide bonds. The molecule has 0 aromatic heterocycles. The molecule has 0 unspecified atom stereocenters. The van der Waals surface area contributed by atoms with Crippen LogP contribution in [0.2, 0.25) is 0 Å². The Morgan fingerprint density at radius 2 is 1.00 bits per heavy atom. The van der Waals surface area contributed by atoms with E-state index in [1.807, 2.05) is 0 Å². The van der Waals surface area contributed by atoms with Crippen LogP contribution in [0.25, 0.3) is 0 Å². The second-order valence-electron chi connectivity index (χ2n) is 4.21. The van der Waals surface area contributed by atoms with Crippen LogP contribution in [0.3, 0.4) is 0 Å². The molecule has 7 heteroatoms. The van der Waals surface area contributed by atoms with Gasteiger partial charge < -0.3 is 0 Å². The monoisotopic (exact) mass is 442 g/mol. The molecule has 0 N–H and O–H groups in total. The summed E-state index contributed by atoms with van der Waals surface area (Å²) in [5.41, 5.74) is 1.19. The number of halogens is 6. The maximum absolute atomic E-state index is 13.2. The highest BCUT2D eigenvalue weighted by Gasteiger charge is 2.10. The molecule has 112 valence electrons. The molecule has 0 atom stereocenters. The lowest BCUT2D eigenvalue weighted by molar-refractivity contribution is 0.506. The molecule has 2 aromatic carbocycles. The number of thioether (sulfide) groups is 1. The molecule has 2 aromatic rings. The fourth-order valence-corrected chi connectivity index (χ4v) is 3.92. The lowest BCUT2D eigenvalue weighted by Gasteiger charge is -2.08. The fourth-order valence-electron chi connectivity index (χ4n) is 1.62. The van der Waals surface area contributed by atoms with E-state index in [1.54, 1.807) is 0 Å². The summed E-state index contributed by atoms with van der Waals surface area (Å²) in [6, 6.07) is 4.37. The van der Waals surface area contributed by atoms with Crippen LogP contribution in [0, 0.1) is 23.3 Å². The minimum absolute atomic E-state index is 0.406. The van der Waals surface area contributed by atoms with Crippen LogP contribution in [0.4, 0.5) is 17.6 Å². The average Bonchev–Trinajstić information content (AvgIpc) is 2.41. The molecule has 0 radical (unpaired) electrons. The van der Waals surface area contributed by atoms with Crippen LogP contribution >= 0.6 is 43.6 Å². The Bertz CT molecular complexity index is 619. The Morgan fingerprint density at radius 3 is 1.38 bits per heavy atom. The van der Waals surface area contributed by atoms with E-state index in [1.165, 1.54) is 11.8 Å². The smallest absolute Gasteiger partial charge is 0.159 e. The van der Waals surface area contributed by atoms with Crippen molar-refractivity contribution in [3.05, 3.63) is 67.6 Å². The second-order valence-corrected chi connectivity index (χ2v) is 6.90. The average molecular weight is 444 g/mol. The summed E-state index contributed by atoms with van der Waals surface area (Å²) in [5.74, 6) is -2.85. The minimum atomic E-state index is -0.918. The predicted octanol–water partition coefficient (Wildman–Crippen LogP) is 6.20. The molecule has 0 heterocycles. The summed E-state index contributed by atoms with van der Waals surface area (Å²) in [4.78, 5) is 0. The normalized spacial score (nSPS) is 11.0. The van der Waals surface area contributed by atoms with Gasteiger partial charge in [0.15, 0.2) is 23.3 Å². The van der Waals surface area contributed by atoms with Crippen LogP contribution < -0.4 is 0 Å². The molecule has 0 saturated carbocycles. The van der Waals surface area contributed by atoms with Gasteiger partial charge in [-0.3, -0.25) is 0 Å². The summed E-state index contributed by atoms with van der Waals surface area (Å²) >= 11 is 7.71. The lowest BCUT2D eigenvalue weighted by Crippen LogP contribution is -1.93. The molecular weight excluding hydrogens is 436 g/mol. The highest BCUT2D eigenvalue weighted by molar-refractivity contribution is 9.10.